The van der Waals surface area contributed by atoms with Crippen LogP contribution in [-0.4, -0.2) is 36.5 Å². The van der Waals surface area contributed by atoms with E-state index < -0.39 is 0 Å². The average molecular weight is 369 g/mol. The lowest BCUT2D eigenvalue weighted by molar-refractivity contribution is -0.0373. The molecule has 1 saturated heterocycles. The Morgan fingerprint density at radius 1 is 1.37 bits per heavy atom. The van der Waals surface area contributed by atoms with Gasteiger partial charge in [-0.3, -0.25) is 4.79 Å². The molecule has 1 atom stereocenters. The number of amides is 1. The van der Waals surface area contributed by atoms with Gasteiger partial charge in [0.05, 0.1) is 6.04 Å². The Morgan fingerprint density at radius 3 is 2.78 bits per heavy atom. The lowest BCUT2D eigenvalue weighted by Gasteiger charge is -2.53. The summed E-state index contributed by atoms with van der Waals surface area (Å²) in [7, 11) is 1.59. The Bertz CT molecular complexity index is 1080. The van der Waals surface area contributed by atoms with Crippen LogP contribution in [0, 0.1) is 11.2 Å². The zero-order chi connectivity index (χ0) is 19.3. The molecule has 0 saturated carbocycles. The summed E-state index contributed by atoms with van der Waals surface area (Å²) in [5.74, 6) is 0.0594. The molecule has 0 radical (unpaired) electrons. The number of aryl methyl sites for hydroxylation is 1. The Balaban J connectivity index is 1.73. The molecule has 4 rings (SSSR count). The summed E-state index contributed by atoms with van der Waals surface area (Å²) in [5.41, 5.74) is 0.342. The molecule has 0 spiro atoms. The Labute approximate surface area is 155 Å². The molecule has 1 aromatic carbocycles. The maximum atomic E-state index is 13.7. The maximum absolute atomic E-state index is 13.7. The lowest BCUT2D eigenvalue weighted by atomic mass is 9.74. The van der Waals surface area contributed by atoms with E-state index in [1.807, 2.05) is 0 Å². The summed E-state index contributed by atoms with van der Waals surface area (Å²) < 4.78 is 16.8. The van der Waals surface area contributed by atoms with Gasteiger partial charge in [0.15, 0.2) is 0 Å². The second kappa shape index (κ2) is 5.94. The molecule has 3 aromatic rings. The minimum atomic E-state index is -0.338. The van der Waals surface area contributed by atoms with Crippen LogP contribution >= 0.6 is 0 Å². The number of carbonyl (C=O) groups excluding carboxylic acids is 1. The van der Waals surface area contributed by atoms with E-state index >= 15 is 0 Å². The molecule has 1 amide bonds. The van der Waals surface area contributed by atoms with Gasteiger partial charge in [0.1, 0.15) is 17.3 Å². The fraction of sp³-hybridized carbons (Fsp3) is 0.316. The van der Waals surface area contributed by atoms with Crippen LogP contribution in [0.4, 0.5) is 4.39 Å². The first-order valence-corrected chi connectivity index (χ1v) is 8.64. The zero-order valence-electron chi connectivity index (χ0n) is 15.3. The molecule has 1 N–H and O–H groups in total. The number of hydrogen-bond donors (Lipinski definition) is 1. The number of imidazole rings is 2. The van der Waals surface area contributed by atoms with E-state index in [-0.39, 0.29) is 34.6 Å². The van der Waals surface area contributed by atoms with E-state index in [4.69, 9.17) is 0 Å². The van der Waals surface area contributed by atoms with Crippen LogP contribution in [0.2, 0.25) is 0 Å². The monoisotopic (exact) mass is 369 g/mol. The predicted molar refractivity (Wildman–Crippen MR) is 97.1 cm³/mol. The molecule has 0 bridgehead atoms. The summed E-state index contributed by atoms with van der Waals surface area (Å²) in [6.07, 6.45) is 4.89. The van der Waals surface area contributed by atoms with E-state index in [0.29, 0.717) is 18.1 Å². The van der Waals surface area contributed by atoms with E-state index in [1.54, 1.807) is 41.0 Å². The molecular formula is C19H20FN5O2. The number of aromatic nitrogens is 4. The first-order valence-electron chi connectivity index (χ1n) is 8.64. The highest BCUT2D eigenvalue weighted by Gasteiger charge is 2.51. The highest BCUT2D eigenvalue weighted by molar-refractivity contribution is 5.93. The molecule has 27 heavy (non-hydrogen) atoms. The first-order chi connectivity index (χ1) is 12.8. The molecule has 140 valence electrons. The van der Waals surface area contributed by atoms with Crippen molar-refractivity contribution in [2.75, 3.05) is 6.54 Å². The van der Waals surface area contributed by atoms with Crippen LogP contribution in [0.5, 0.6) is 0 Å². The van der Waals surface area contributed by atoms with E-state index in [1.165, 1.54) is 22.9 Å². The van der Waals surface area contributed by atoms with Crippen molar-refractivity contribution in [1.82, 2.24) is 24.0 Å². The van der Waals surface area contributed by atoms with E-state index in [0.717, 1.165) is 0 Å². The first kappa shape index (κ1) is 17.3. The third-order valence-corrected chi connectivity index (χ3v) is 5.01. The van der Waals surface area contributed by atoms with Crippen molar-refractivity contribution in [2.24, 2.45) is 12.5 Å². The number of rotatable bonds is 3. The van der Waals surface area contributed by atoms with Gasteiger partial charge in [-0.25, -0.2) is 14.2 Å². The van der Waals surface area contributed by atoms with Crippen LogP contribution in [0.3, 0.4) is 0 Å². The van der Waals surface area contributed by atoms with Gasteiger partial charge >= 0.3 is 5.69 Å². The second-order valence-electron chi connectivity index (χ2n) is 7.54. The summed E-state index contributed by atoms with van der Waals surface area (Å²) in [4.78, 5) is 33.3. The Hall–Kier alpha value is -3.16. The Kier molecular flexibility index (Phi) is 3.80. The molecule has 1 aliphatic heterocycles. The number of aromatic amines is 1. The summed E-state index contributed by atoms with van der Waals surface area (Å²) in [6.45, 7) is 4.64. The maximum Gasteiger partial charge on any atom is 0.325 e. The predicted octanol–water partition coefficient (Wildman–Crippen LogP) is 2.26. The molecule has 8 heteroatoms. The number of hydrogen-bond acceptors (Lipinski definition) is 3. The standard InChI is InChI=1S/C19H20FN5O2/c1-19(2)11-25(17(26)14-10-23(3)18(27)22-14)15(19)16-21-7-8-24(16)13-6-4-5-12(20)9-13/h4-10,15H,11H2,1-3H3,(H,22,27). The second-order valence-corrected chi connectivity index (χ2v) is 7.54. The highest BCUT2D eigenvalue weighted by Crippen LogP contribution is 2.48. The van der Waals surface area contributed by atoms with Crippen LogP contribution in [0.1, 0.15) is 36.2 Å². The molecule has 0 aliphatic carbocycles. The van der Waals surface area contributed by atoms with E-state index in [9.17, 15) is 14.0 Å². The summed E-state index contributed by atoms with van der Waals surface area (Å²) in [6, 6.07) is 5.94. The number of halogens is 1. The van der Waals surface area contributed by atoms with Gasteiger partial charge in [0.25, 0.3) is 5.91 Å². The van der Waals surface area contributed by atoms with Crippen molar-refractivity contribution in [1.29, 1.82) is 0 Å². The quantitative estimate of drug-likeness (QED) is 0.769. The highest BCUT2D eigenvalue weighted by atomic mass is 19.1. The SMILES string of the molecule is Cn1cc(C(=O)N2CC(C)(C)C2c2nccn2-c2cccc(F)c2)[nH]c1=O. The largest absolute Gasteiger partial charge is 0.326 e. The molecule has 1 aliphatic rings. The smallest absolute Gasteiger partial charge is 0.325 e. The van der Waals surface area contributed by atoms with Gasteiger partial charge in [-0.2, -0.15) is 0 Å². The fourth-order valence-corrected chi connectivity index (χ4v) is 3.72. The van der Waals surface area contributed by atoms with Crippen LogP contribution in [0.25, 0.3) is 5.69 Å². The van der Waals surface area contributed by atoms with E-state index in [2.05, 4.69) is 23.8 Å². The molecular weight excluding hydrogens is 349 g/mol. The fourth-order valence-electron chi connectivity index (χ4n) is 3.72. The van der Waals surface area contributed by atoms with Crippen molar-refractivity contribution >= 4 is 5.91 Å². The van der Waals surface area contributed by atoms with Gasteiger partial charge in [-0.1, -0.05) is 19.9 Å². The van der Waals surface area contributed by atoms with Gasteiger partial charge < -0.3 is 19.0 Å². The average Bonchev–Trinajstić information content (AvgIpc) is 3.19. The minimum absolute atomic E-state index is 0.207. The number of likely N-dealkylation sites (tertiary alicyclic amines) is 1. The van der Waals surface area contributed by atoms with Crippen molar-refractivity contribution in [3.05, 3.63) is 70.7 Å². The van der Waals surface area contributed by atoms with Crippen molar-refractivity contribution in [3.63, 3.8) is 0 Å². The molecule has 1 fully saturated rings. The zero-order valence-corrected chi connectivity index (χ0v) is 15.3. The molecule has 1 unspecified atom stereocenters. The number of benzene rings is 1. The third kappa shape index (κ3) is 2.77. The van der Waals surface area contributed by atoms with Crippen LogP contribution < -0.4 is 5.69 Å². The number of H-pyrrole nitrogens is 1. The number of nitrogens with zero attached hydrogens (tertiary/aromatic N) is 4. The van der Waals surface area contributed by atoms with Gasteiger partial charge in [0, 0.05) is 43.3 Å². The van der Waals surface area contributed by atoms with Crippen LogP contribution in [-0.2, 0) is 7.05 Å². The number of carbonyl (C=O) groups is 1. The summed E-state index contributed by atoms with van der Waals surface area (Å²) >= 11 is 0. The minimum Gasteiger partial charge on any atom is -0.326 e. The van der Waals surface area contributed by atoms with Crippen LogP contribution in [0.15, 0.2) is 47.7 Å². The van der Waals surface area contributed by atoms with Gasteiger partial charge in [0.2, 0.25) is 0 Å². The third-order valence-electron chi connectivity index (χ3n) is 5.01. The molecule has 7 nitrogen and oxygen atoms in total. The van der Waals surface area contributed by atoms with Gasteiger partial charge in [-0.05, 0) is 18.2 Å². The van der Waals surface area contributed by atoms with Gasteiger partial charge in [-0.15, -0.1) is 0 Å². The summed E-state index contributed by atoms with van der Waals surface area (Å²) in [5, 5.41) is 0. The Morgan fingerprint density at radius 2 is 2.15 bits per heavy atom. The topological polar surface area (TPSA) is 75.9 Å². The van der Waals surface area contributed by atoms with Crippen molar-refractivity contribution in [3.8, 4) is 5.69 Å². The number of nitrogens with one attached hydrogen (secondary N) is 1. The van der Waals surface area contributed by atoms with Crippen molar-refractivity contribution < 1.29 is 9.18 Å². The molecule has 2 aromatic heterocycles. The lowest BCUT2D eigenvalue weighted by Crippen LogP contribution is -2.58. The normalized spacial score (nSPS) is 18.4. The molecule has 3 heterocycles. The van der Waals surface area contributed by atoms with Crippen molar-refractivity contribution in [2.45, 2.75) is 19.9 Å².